The molecule has 5 heteroatoms. The molecule has 1 saturated heterocycles. The van der Waals surface area contributed by atoms with Crippen molar-refractivity contribution >= 4 is 23.5 Å². The van der Waals surface area contributed by atoms with Gasteiger partial charge in [0.1, 0.15) is 0 Å². The van der Waals surface area contributed by atoms with Crippen LogP contribution in [0.2, 0.25) is 0 Å². The van der Waals surface area contributed by atoms with Gasteiger partial charge in [-0.3, -0.25) is 9.59 Å². The molecule has 0 saturated carbocycles. The summed E-state index contributed by atoms with van der Waals surface area (Å²) in [5, 5.41) is 0. The zero-order valence-corrected chi connectivity index (χ0v) is 16.0. The van der Waals surface area contributed by atoms with Crippen LogP contribution in [-0.4, -0.2) is 47.8 Å². The maximum Gasteiger partial charge on any atom is 0.289 e. The number of benzene rings is 2. The molecule has 2 heterocycles. The average molecular weight is 386 g/mol. The Hall–Kier alpha value is -3.60. The molecule has 0 unspecified atom stereocenters. The number of furan rings is 1. The molecular weight excluding hydrogens is 364 g/mol. The van der Waals surface area contributed by atoms with Crippen LogP contribution in [0.1, 0.15) is 21.7 Å². The van der Waals surface area contributed by atoms with Gasteiger partial charge in [0.15, 0.2) is 5.76 Å². The Bertz CT molecular complexity index is 987. The van der Waals surface area contributed by atoms with Crippen molar-refractivity contribution in [3.8, 4) is 0 Å². The van der Waals surface area contributed by atoms with Crippen LogP contribution in [0, 0.1) is 0 Å². The monoisotopic (exact) mass is 386 g/mol. The Morgan fingerprint density at radius 3 is 2.00 bits per heavy atom. The van der Waals surface area contributed by atoms with Crippen molar-refractivity contribution in [2.45, 2.75) is 0 Å². The second kappa shape index (κ2) is 8.61. The van der Waals surface area contributed by atoms with Gasteiger partial charge >= 0.3 is 0 Å². The minimum absolute atomic E-state index is 0.0230. The molecule has 0 bridgehead atoms. The van der Waals surface area contributed by atoms with Crippen LogP contribution in [0.4, 0.5) is 0 Å². The number of nitrogens with zero attached hydrogens (tertiary/aromatic N) is 2. The maximum absolute atomic E-state index is 13.3. The summed E-state index contributed by atoms with van der Waals surface area (Å²) in [4.78, 5) is 29.3. The third kappa shape index (κ3) is 4.29. The number of amides is 2. The van der Waals surface area contributed by atoms with Crippen LogP contribution in [0.5, 0.6) is 0 Å². The molecule has 3 aromatic rings. The van der Waals surface area contributed by atoms with Crippen molar-refractivity contribution in [1.82, 2.24) is 9.80 Å². The molecular formula is C24H22N2O3. The van der Waals surface area contributed by atoms with E-state index in [9.17, 15) is 9.59 Å². The van der Waals surface area contributed by atoms with Gasteiger partial charge in [-0.15, -0.1) is 0 Å². The van der Waals surface area contributed by atoms with Crippen LogP contribution in [0.15, 0.2) is 83.5 Å². The second-order valence-electron chi connectivity index (χ2n) is 6.90. The predicted octanol–water partition coefficient (Wildman–Crippen LogP) is 3.80. The van der Waals surface area contributed by atoms with Crippen LogP contribution in [0.25, 0.3) is 11.6 Å². The van der Waals surface area contributed by atoms with E-state index in [0.717, 1.165) is 11.1 Å². The quantitative estimate of drug-likeness (QED) is 0.506. The van der Waals surface area contributed by atoms with Gasteiger partial charge < -0.3 is 14.2 Å². The number of piperazine rings is 1. The Kier molecular flexibility index (Phi) is 5.56. The van der Waals surface area contributed by atoms with Crippen LogP contribution in [0.3, 0.4) is 0 Å². The third-order valence-electron chi connectivity index (χ3n) is 5.01. The number of rotatable bonds is 4. The molecule has 0 spiro atoms. The van der Waals surface area contributed by atoms with Crippen LogP contribution < -0.4 is 0 Å². The van der Waals surface area contributed by atoms with Gasteiger partial charge in [0.2, 0.25) is 0 Å². The SMILES string of the molecule is O=C(/C(=C/c1ccccc1)c1ccccc1)N1CCN(C(=O)c2ccco2)CC1. The molecule has 2 aromatic carbocycles. The molecule has 2 amide bonds. The highest BCUT2D eigenvalue weighted by Crippen LogP contribution is 2.22. The number of hydrogen-bond donors (Lipinski definition) is 0. The van der Waals surface area contributed by atoms with E-state index in [4.69, 9.17) is 4.42 Å². The summed E-state index contributed by atoms with van der Waals surface area (Å²) in [6, 6.07) is 22.9. The lowest BCUT2D eigenvalue weighted by Gasteiger charge is -2.34. The normalized spacial score (nSPS) is 14.7. The summed E-state index contributed by atoms with van der Waals surface area (Å²) >= 11 is 0. The van der Waals surface area contributed by atoms with Gasteiger partial charge in [-0.05, 0) is 29.3 Å². The largest absolute Gasteiger partial charge is 0.459 e. The van der Waals surface area contributed by atoms with Gasteiger partial charge in [0, 0.05) is 31.8 Å². The Balaban J connectivity index is 1.52. The zero-order valence-electron chi connectivity index (χ0n) is 16.0. The molecule has 0 radical (unpaired) electrons. The Labute approximate surface area is 169 Å². The van der Waals surface area contributed by atoms with Crippen molar-refractivity contribution in [3.63, 3.8) is 0 Å². The molecule has 4 rings (SSSR count). The first-order valence-corrected chi connectivity index (χ1v) is 9.66. The fourth-order valence-electron chi connectivity index (χ4n) is 3.44. The van der Waals surface area contributed by atoms with E-state index in [1.807, 2.05) is 71.6 Å². The average Bonchev–Trinajstić information content (AvgIpc) is 3.33. The number of hydrogen-bond acceptors (Lipinski definition) is 3. The van der Waals surface area contributed by atoms with Gasteiger partial charge in [-0.2, -0.15) is 0 Å². The molecule has 1 fully saturated rings. The van der Waals surface area contributed by atoms with E-state index >= 15 is 0 Å². The van der Waals surface area contributed by atoms with Crippen molar-refractivity contribution in [2.75, 3.05) is 26.2 Å². The van der Waals surface area contributed by atoms with Crippen LogP contribution >= 0.6 is 0 Å². The fraction of sp³-hybridized carbons (Fsp3) is 0.167. The zero-order chi connectivity index (χ0) is 20.1. The minimum atomic E-state index is -0.134. The molecule has 146 valence electrons. The van der Waals surface area contributed by atoms with E-state index in [1.165, 1.54) is 6.26 Å². The first kappa shape index (κ1) is 18.7. The lowest BCUT2D eigenvalue weighted by molar-refractivity contribution is -0.126. The minimum Gasteiger partial charge on any atom is -0.459 e. The standard InChI is InChI=1S/C24H22N2O3/c27-23(25-13-15-26(16-14-25)24(28)22-12-7-17-29-22)21(20-10-5-2-6-11-20)18-19-8-3-1-4-9-19/h1-12,17-18H,13-16H2/b21-18+. The molecule has 29 heavy (non-hydrogen) atoms. The maximum atomic E-state index is 13.3. The summed E-state index contributed by atoms with van der Waals surface area (Å²) in [5.74, 6) is 0.175. The first-order valence-electron chi connectivity index (χ1n) is 9.66. The van der Waals surface area contributed by atoms with E-state index in [-0.39, 0.29) is 11.8 Å². The highest BCUT2D eigenvalue weighted by Gasteiger charge is 2.27. The lowest BCUT2D eigenvalue weighted by atomic mass is 10.0. The molecule has 0 aliphatic carbocycles. The van der Waals surface area contributed by atoms with Gasteiger partial charge in [-0.1, -0.05) is 60.7 Å². The predicted molar refractivity (Wildman–Crippen MR) is 112 cm³/mol. The van der Waals surface area contributed by atoms with Gasteiger partial charge in [0.05, 0.1) is 6.26 Å². The van der Waals surface area contributed by atoms with Crippen molar-refractivity contribution in [2.24, 2.45) is 0 Å². The molecule has 1 aliphatic rings. The fourth-order valence-corrected chi connectivity index (χ4v) is 3.44. The van der Waals surface area contributed by atoms with E-state index in [1.54, 1.807) is 17.0 Å². The Morgan fingerprint density at radius 1 is 0.759 bits per heavy atom. The summed E-state index contributed by atoms with van der Waals surface area (Å²) in [5.41, 5.74) is 2.52. The summed E-state index contributed by atoms with van der Waals surface area (Å²) < 4.78 is 5.20. The number of carbonyl (C=O) groups excluding carboxylic acids is 2. The van der Waals surface area contributed by atoms with Crippen LogP contribution in [-0.2, 0) is 4.79 Å². The first-order chi connectivity index (χ1) is 14.2. The van der Waals surface area contributed by atoms with E-state index in [0.29, 0.717) is 37.5 Å². The van der Waals surface area contributed by atoms with Crippen molar-refractivity contribution in [3.05, 3.63) is 95.9 Å². The van der Waals surface area contributed by atoms with E-state index in [2.05, 4.69) is 0 Å². The van der Waals surface area contributed by atoms with Gasteiger partial charge in [0.25, 0.3) is 11.8 Å². The molecule has 0 N–H and O–H groups in total. The molecule has 5 nitrogen and oxygen atoms in total. The second-order valence-corrected chi connectivity index (χ2v) is 6.90. The smallest absolute Gasteiger partial charge is 0.289 e. The highest BCUT2D eigenvalue weighted by atomic mass is 16.3. The summed E-state index contributed by atoms with van der Waals surface area (Å²) in [6.07, 6.45) is 3.42. The topological polar surface area (TPSA) is 53.8 Å². The molecule has 0 atom stereocenters. The lowest BCUT2D eigenvalue weighted by Crippen LogP contribution is -2.50. The van der Waals surface area contributed by atoms with E-state index < -0.39 is 0 Å². The summed E-state index contributed by atoms with van der Waals surface area (Å²) in [7, 11) is 0. The van der Waals surface area contributed by atoms with Gasteiger partial charge in [-0.25, -0.2) is 0 Å². The highest BCUT2D eigenvalue weighted by molar-refractivity contribution is 6.24. The number of carbonyl (C=O) groups is 2. The summed E-state index contributed by atoms with van der Waals surface area (Å²) in [6.45, 7) is 1.95. The molecule has 1 aromatic heterocycles. The van der Waals surface area contributed by atoms with Crippen molar-refractivity contribution in [1.29, 1.82) is 0 Å². The van der Waals surface area contributed by atoms with Crippen molar-refractivity contribution < 1.29 is 14.0 Å². The Morgan fingerprint density at radius 2 is 1.38 bits per heavy atom. The third-order valence-corrected chi connectivity index (χ3v) is 5.01. The molecule has 1 aliphatic heterocycles.